The molecule has 14 heavy (non-hydrogen) atoms. The molecule has 78 valence electrons. The van der Waals surface area contributed by atoms with E-state index in [1.807, 2.05) is 0 Å². The van der Waals surface area contributed by atoms with Gasteiger partial charge in [0.1, 0.15) is 6.54 Å². The maximum absolute atomic E-state index is 12.0. The standard InChI is InChI=1S/C6H7F3N4O/c7-6(8,9)4-1-11-13(2-4)3-5(14)12-10/h1-2H,3,10H2,(H,12,14). The molecule has 1 rings (SSSR count). The van der Waals surface area contributed by atoms with Crippen LogP contribution in [0.25, 0.3) is 0 Å². The van der Waals surface area contributed by atoms with Gasteiger partial charge in [-0.25, -0.2) is 5.84 Å². The van der Waals surface area contributed by atoms with Crippen LogP contribution in [0.4, 0.5) is 13.2 Å². The Bertz CT molecular complexity index is 332. The average molecular weight is 208 g/mol. The second-order valence-corrected chi connectivity index (χ2v) is 2.49. The summed E-state index contributed by atoms with van der Waals surface area (Å²) in [6.45, 7) is -0.341. The third-order valence-corrected chi connectivity index (χ3v) is 1.43. The van der Waals surface area contributed by atoms with Crippen molar-refractivity contribution in [2.24, 2.45) is 5.84 Å². The smallest absolute Gasteiger partial charge is 0.293 e. The Hall–Kier alpha value is -1.57. The van der Waals surface area contributed by atoms with Gasteiger partial charge in [0.2, 0.25) is 0 Å². The monoisotopic (exact) mass is 208 g/mol. The zero-order valence-corrected chi connectivity index (χ0v) is 6.88. The Morgan fingerprint density at radius 2 is 2.29 bits per heavy atom. The fourth-order valence-corrected chi connectivity index (χ4v) is 0.789. The average Bonchev–Trinajstić information content (AvgIpc) is 2.51. The molecule has 1 aromatic rings. The van der Waals surface area contributed by atoms with Crippen molar-refractivity contribution in [3.63, 3.8) is 0 Å². The number of nitrogens with two attached hydrogens (primary N) is 1. The highest BCUT2D eigenvalue weighted by atomic mass is 19.4. The number of halogens is 3. The second-order valence-electron chi connectivity index (χ2n) is 2.49. The minimum atomic E-state index is -4.45. The van der Waals surface area contributed by atoms with Crippen molar-refractivity contribution in [1.29, 1.82) is 0 Å². The van der Waals surface area contributed by atoms with Crippen LogP contribution in [-0.4, -0.2) is 15.7 Å². The van der Waals surface area contributed by atoms with E-state index in [4.69, 9.17) is 5.84 Å². The highest BCUT2D eigenvalue weighted by Gasteiger charge is 2.32. The zero-order valence-electron chi connectivity index (χ0n) is 6.88. The van der Waals surface area contributed by atoms with Crippen molar-refractivity contribution >= 4 is 5.91 Å². The van der Waals surface area contributed by atoms with Gasteiger partial charge in [0.15, 0.2) is 0 Å². The minimum Gasteiger partial charge on any atom is -0.293 e. The molecule has 0 saturated heterocycles. The molecule has 0 unspecified atom stereocenters. The largest absolute Gasteiger partial charge is 0.419 e. The van der Waals surface area contributed by atoms with E-state index >= 15 is 0 Å². The molecule has 0 spiro atoms. The van der Waals surface area contributed by atoms with Crippen LogP contribution in [0.15, 0.2) is 12.4 Å². The number of nitrogens with zero attached hydrogens (tertiary/aromatic N) is 2. The molecule has 0 aliphatic carbocycles. The predicted molar refractivity (Wildman–Crippen MR) is 39.6 cm³/mol. The first-order chi connectivity index (χ1) is 6.43. The summed E-state index contributed by atoms with van der Waals surface area (Å²) >= 11 is 0. The van der Waals surface area contributed by atoms with Crippen LogP contribution in [0.1, 0.15) is 5.56 Å². The zero-order chi connectivity index (χ0) is 10.8. The number of carbonyl (C=O) groups is 1. The summed E-state index contributed by atoms with van der Waals surface area (Å²) in [5, 5.41) is 3.35. The first-order valence-corrected chi connectivity index (χ1v) is 3.52. The lowest BCUT2D eigenvalue weighted by atomic mass is 10.4. The first kappa shape index (κ1) is 10.5. The van der Waals surface area contributed by atoms with Crippen molar-refractivity contribution in [3.05, 3.63) is 18.0 Å². The Morgan fingerprint density at radius 1 is 1.64 bits per heavy atom. The van der Waals surface area contributed by atoms with Crippen LogP contribution in [-0.2, 0) is 17.5 Å². The van der Waals surface area contributed by atoms with Crippen molar-refractivity contribution in [3.8, 4) is 0 Å². The number of amides is 1. The van der Waals surface area contributed by atoms with Gasteiger partial charge in [-0.2, -0.15) is 18.3 Å². The fraction of sp³-hybridized carbons (Fsp3) is 0.333. The highest BCUT2D eigenvalue weighted by Crippen LogP contribution is 2.28. The number of rotatable bonds is 2. The summed E-state index contributed by atoms with van der Waals surface area (Å²) in [6.07, 6.45) is -3.07. The van der Waals surface area contributed by atoms with Gasteiger partial charge in [-0.05, 0) is 0 Å². The van der Waals surface area contributed by atoms with Crippen LogP contribution in [0.3, 0.4) is 0 Å². The van der Waals surface area contributed by atoms with Gasteiger partial charge in [0.05, 0.1) is 11.8 Å². The maximum atomic E-state index is 12.0. The van der Waals surface area contributed by atoms with Crippen LogP contribution >= 0.6 is 0 Å². The molecule has 0 saturated carbocycles. The van der Waals surface area contributed by atoms with Gasteiger partial charge in [0.25, 0.3) is 5.91 Å². The molecule has 0 bridgehead atoms. The molecule has 1 heterocycles. The quantitative estimate of drug-likeness (QED) is 0.404. The maximum Gasteiger partial charge on any atom is 0.419 e. The van der Waals surface area contributed by atoms with Crippen LogP contribution in [0.5, 0.6) is 0 Å². The Morgan fingerprint density at radius 3 is 2.71 bits per heavy atom. The molecular formula is C6H7F3N4O. The third kappa shape index (κ3) is 2.46. The number of carbonyl (C=O) groups excluding carboxylic acids is 1. The van der Waals surface area contributed by atoms with Crippen LogP contribution in [0.2, 0.25) is 0 Å². The highest BCUT2D eigenvalue weighted by molar-refractivity contribution is 5.74. The minimum absolute atomic E-state index is 0.341. The van der Waals surface area contributed by atoms with E-state index in [9.17, 15) is 18.0 Å². The van der Waals surface area contributed by atoms with Gasteiger partial charge in [0, 0.05) is 6.20 Å². The Labute approximate surface area is 76.7 Å². The number of nitrogens with one attached hydrogen (secondary N) is 1. The summed E-state index contributed by atoms with van der Waals surface area (Å²) in [5.74, 6) is 4.13. The fourth-order valence-electron chi connectivity index (χ4n) is 0.789. The summed E-state index contributed by atoms with van der Waals surface area (Å²) < 4.78 is 37.0. The molecule has 0 aliphatic heterocycles. The van der Waals surface area contributed by atoms with E-state index in [-0.39, 0.29) is 6.54 Å². The molecule has 0 fully saturated rings. The van der Waals surface area contributed by atoms with Crippen molar-refractivity contribution < 1.29 is 18.0 Å². The summed E-state index contributed by atoms with van der Waals surface area (Å²) in [7, 11) is 0. The second kappa shape index (κ2) is 3.66. The number of aromatic nitrogens is 2. The molecule has 0 aromatic carbocycles. The number of hydrogen-bond donors (Lipinski definition) is 2. The topological polar surface area (TPSA) is 72.9 Å². The van der Waals surface area contributed by atoms with Crippen LogP contribution in [0, 0.1) is 0 Å². The summed E-state index contributed by atoms with van der Waals surface area (Å²) in [5.41, 5.74) is 0.880. The van der Waals surface area contributed by atoms with Gasteiger partial charge in [-0.3, -0.25) is 14.9 Å². The van der Waals surface area contributed by atoms with E-state index < -0.39 is 17.6 Å². The van der Waals surface area contributed by atoms with Gasteiger partial charge in [-0.15, -0.1) is 0 Å². The first-order valence-electron chi connectivity index (χ1n) is 3.52. The predicted octanol–water partition coefficient (Wildman–Crippen LogP) is -0.108. The molecule has 1 aromatic heterocycles. The number of hydrazine groups is 1. The lowest BCUT2D eigenvalue weighted by Gasteiger charge is -2.01. The van der Waals surface area contributed by atoms with Gasteiger partial charge >= 0.3 is 6.18 Å². The number of hydrogen-bond acceptors (Lipinski definition) is 3. The van der Waals surface area contributed by atoms with E-state index in [2.05, 4.69) is 5.10 Å². The van der Waals surface area contributed by atoms with E-state index in [0.29, 0.717) is 6.20 Å². The number of alkyl halides is 3. The van der Waals surface area contributed by atoms with Crippen molar-refractivity contribution in [2.45, 2.75) is 12.7 Å². The van der Waals surface area contributed by atoms with E-state index in [1.165, 1.54) is 0 Å². The molecule has 8 heteroatoms. The SMILES string of the molecule is NNC(=O)Cn1cc(C(F)(F)F)cn1. The van der Waals surface area contributed by atoms with Crippen LogP contribution < -0.4 is 11.3 Å². The molecule has 1 amide bonds. The molecule has 0 radical (unpaired) electrons. The Balaban J connectivity index is 2.74. The normalized spacial score (nSPS) is 11.4. The molecule has 0 aliphatic rings. The lowest BCUT2D eigenvalue weighted by molar-refractivity contribution is -0.137. The molecular weight excluding hydrogens is 201 g/mol. The third-order valence-electron chi connectivity index (χ3n) is 1.43. The Kier molecular flexibility index (Phi) is 2.75. The lowest BCUT2D eigenvalue weighted by Crippen LogP contribution is -2.33. The van der Waals surface area contributed by atoms with Gasteiger partial charge in [-0.1, -0.05) is 0 Å². The summed E-state index contributed by atoms with van der Waals surface area (Å²) in [6, 6.07) is 0. The van der Waals surface area contributed by atoms with E-state index in [1.54, 1.807) is 5.43 Å². The van der Waals surface area contributed by atoms with Crippen molar-refractivity contribution in [2.75, 3.05) is 0 Å². The summed E-state index contributed by atoms with van der Waals surface area (Å²) in [4.78, 5) is 10.7. The molecule has 3 N–H and O–H groups in total. The van der Waals surface area contributed by atoms with Crippen molar-refractivity contribution in [1.82, 2.24) is 15.2 Å². The van der Waals surface area contributed by atoms with E-state index in [0.717, 1.165) is 10.9 Å². The molecule has 5 nitrogen and oxygen atoms in total. The van der Waals surface area contributed by atoms with Gasteiger partial charge < -0.3 is 0 Å². The molecule has 0 atom stereocenters.